The predicted molar refractivity (Wildman–Crippen MR) is 66.9 cm³/mol. The molecule has 0 saturated heterocycles. The van der Waals surface area contributed by atoms with Crippen LogP contribution in [0.1, 0.15) is 29.3 Å². The summed E-state index contributed by atoms with van der Waals surface area (Å²) < 4.78 is 10.5. The number of rotatable bonds is 6. The molecule has 4 heteroatoms. The van der Waals surface area contributed by atoms with Crippen LogP contribution in [-0.2, 0) is 6.42 Å². The molecule has 1 aromatic carbocycles. The van der Waals surface area contributed by atoms with Crippen molar-refractivity contribution >= 4 is 5.78 Å². The lowest BCUT2D eigenvalue weighted by Gasteiger charge is -2.13. The molecule has 0 fully saturated rings. The first-order valence-corrected chi connectivity index (χ1v) is 5.66. The molecule has 1 rings (SSSR count). The van der Waals surface area contributed by atoms with E-state index < -0.39 is 0 Å². The number of carbonyl (C=O) groups excluding carboxylic acids is 1. The Bertz CT molecular complexity index is 402. The summed E-state index contributed by atoms with van der Waals surface area (Å²) in [4.78, 5) is 11.9. The summed E-state index contributed by atoms with van der Waals surface area (Å²) in [5, 5.41) is 0. The van der Waals surface area contributed by atoms with Crippen molar-refractivity contribution < 1.29 is 14.3 Å². The minimum absolute atomic E-state index is 0.00158. The van der Waals surface area contributed by atoms with Crippen molar-refractivity contribution in [2.45, 2.75) is 19.8 Å². The Hall–Kier alpha value is -1.55. The van der Waals surface area contributed by atoms with E-state index in [1.165, 1.54) is 0 Å². The van der Waals surface area contributed by atoms with Crippen LogP contribution in [0.15, 0.2) is 12.1 Å². The zero-order valence-corrected chi connectivity index (χ0v) is 10.6. The minimum Gasteiger partial charge on any atom is -0.496 e. The van der Waals surface area contributed by atoms with Crippen LogP contribution in [0.3, 0.4) is 0 Å². The number of hydrogen-bond donors (Lipinski definition) is 1. The van der Waals surface area contributed by atoms with Gasteiger partial charge in [0.15, 0.2) is 5.78 Å². The fourth-order valence-corrected chi connectivity index (χ4v) is 1.72. The Morgan fingerprint density at radius 1 is 1.24 bits per heavy atom. The van der Waals surface area contributed by atoms with E-state index >= 15 is 0 Å². The van der Waals surface area contributed by atoms with Gasteiger partial charge in [-0.3, -0.25) is 4.79 Å². The van der Waals surface area contributed by atoms with Gasteiger partial charge in [0, 0.05) is 12.5 Å². The minimum atomic E-state index is 0.00158. The molecule has 94 valence electrons. The highest BCUT2D eigenvalue weighted by atomic mass is 16.5. The molecule has 0 aromatic heterocycles. The molecule has 0 amide bonds. The predicted octanol–water partition coefficient (Wildman–Crippen LogP) is 1.80. The number of benzene rings is 1. The third-order valence-electron chi connectivity index (χ3n) is 2.66. The van der Waals surface area contributed by atoms with Gasteiger partial charge in [-0.1, -0.05) is 6.92 Å². The molecule has 4 nitrogen and oxygen atoms in total. The van der Waals surface area contributed by atoms with E-state index in [2.05, 4.69) is 0 Å². The highest BCUT2D eigenvalue weighted by Crippen LogP contribution is 2.30. The van der Waals surface area contributed by atoms with Crippen LogP contribution < -0.4 is 15.2 Å². The molecule has 0 saturated carbocycles. The highest BCUT2D eigenvalue weighted by molar-refractivity contribution is 5.99. The van der Waals surface area contributed by atoms with Gasteiger partial charge in [0.2, 0.25) is 0 Å². The summed E-state index contributed by atoms with van der Waals surface area (Å²) in [5.41, 5.74) is 6.97. The van der Waals surface area contributed by atoms with Gasteiger partial charge in [-0.25, -0.2) is 0 Å². The van der Waals surface area contributed by atoms with Gasteiger partial charge in [-0.2, -0.15) is 0 Å². The average Bonchev–Trinajstić information content (AvgIpc) is 2.37. The van der Waals surface area contributed by atoms with Crippen molar-refractivity contribution in [3.05, 3.63) is 23.3 Å². The van der Waals surface area contributed by atoms with Gasteiger partial charge in [-0.05, 0) is 24.6 Å². The van der Waals surface area contributed by atoms with Gasteiger partial charge in [0.25, 0.3) is 0 Å². The van der Waals surface area contributed by atoms with Crippen LogP contribution >= 0.6 is 0 Å². The summed E-state index contributed by atoms with van der Waals surface area (Å²) in [7, 11) is 3.15. The maximum atomic E-state index is 11.9. The van der Waals surface area contributed by atoms with Crippen LogP contribution in [0.4, 0.5) is 0 Å². The third kappa shape index (κ3) is 2.97. The number of Topliss-reactive ketones (excluding diaryl/α,β-unsaturated/α-hetero) is 1. The Balaban J connectivity index is 3.23. The van der Waals surface area contributed by atoms with E-state index in [0.717, 1.165) is 17.7 Å². The molecule has 0 radical (unpaired) electrons. The van der Waals surface area contributed by atoms with Crippen LogP contribution in [0.5, 0.6) is 11.5 Å². The standard InChI is InChI=1S/C13H19NO3/c1-4-9-7-10(11(15)5-6-14)13(17-3)8-12(9)16-2/h7-8H,4-6,14H2,1-3H3. The van der Waals surface area contributed by atoms with Crippen LogP contribution in [0.25, 0.3) is 0 Å². The fraction of sp³-hybridized carbons (Fsp3) is 0.462. The number of carbonyl (C=O) groups is 1. The topological polar surface area (TPSA) is 61.6 Å². The smallest absolute Gasteiger partial charge is 0.167 e. The van der Waals surface area contributed by atoms with E-state index in [1.807, 2.05) is 13.0 Å². The zero-order valence-electron chi connectivity index (χ0n) is 10.6. The van der Waals surface area contributed by atoms with E-state index in [-0.39, 0.29) is 5.78 Å². The number of aryl methyl sites for hydroxylation is 1. The number of nitrogens with two attached hydrogens (primary N) is 1. The molecule has 0 heterocycles. The highest BCUT2D eigenvalue weighted by Gasteiger charge is 2.15. The summed E-state index contributed by atoms with van der Waals surface area (Å²) >= 11 is 0. The van der Waals surface area contributed by atoms with Crippen molar-refractivity contribution in [3.63, 3.8) is 0 Å². The van der Waals surface area contributed by atoms with Gasteiger partial charge in [-0.15, -0.1) is 0 Å². The van der Waals surface area contributed by atoms with Crippen LogP contribution in [0.2, 0.25) is 0 Å². The summed E-state index contributed by atoms with van der Waals surface area (Å²) in [5.74, 6) is 1.29. The van der Waals surface area contributed by atoms with E-state index in [1.54, 1.807) is 20.3 Å². The molecule has 0 atom stereocenters. The zero-order chi connectivity index (χ0) is 12.8. The maximum absolute atomic E-state index is 11.9. The quantitative estimate of drug-likeness (QED) is 0.766. The Morgan fingerprint density at radius 3 is 2.35 bits per heavy atom. The van der Waals surface area contributed by atoms with E-state index in [0.29, 0.717) is 24.3 Å². The summed E-state index contributed by atoms with van der Waals surface area (Å²) in [6.07, 6.45) is 1.13. The molecule has 0 bridgehead atoms. The molecule has 17 heavy (non-hydrogen) atoms. The lowest BCUT2D eigenvalue weighted by molar-refractivity contribution is 0.0982. The Labute approximate surface area is 102 Å². The molecule has 0 aliphatic carbocycles. The lowest BCUT2D eigenvalue weighted by atomic mass is 10.0. The number of methoxy groups -OCH3 is 2. The van der Waals surface area contributed by atoms with Gasteiger partial charge in [0.1, 0.15) is 11.5 Å². The molecular weight excluding hydrogens is 218 g/mol. The largest absolute Gasteiger partial charge is 0.496 e. The fourth-order valence-electron chi connectivity index (χ4n) is 1.72. The second-order valence-corrected chi connectivity index (χ2v) is 3.68. The molecule has 0 unspecified atom stereocenters. The van der Waals surface area contributed by atoms with Crippen molar-refractivity contribution in [2.75, 3.05) is 20.8 Å². The molecule has 2 N–H and O–H groups in total. The number of ether oxygens (including phenoxy) is 2. The van der Waals surface area contributed by atoms with Crippen LogP contribution in [-0.4, -0.2) is 26.5 Å². The Kier molecular flexibility index (Phi) is 4.97. The van der Waals surface area contributed by atoms with Gasteiger partial charge >= 0.3 is 0 Å². The van der Waals surface area contributed by atoms with E-state index in [4.69, 9.17) is 15.2 Å². The molecule has 0 spiro atoms. The molecule has 0 aliphatic rings. The van der Waals surface area contributed by atoms with Crippen molar-refractivity contribution in [3.8, 4) is 11.5 Å². The number of ketones is 1. The second-order valence-electron chi connectivity index (χ2n) is 3.68. The van der Waals surface area contributed by atoms with Crippen LogP contribution in [0, 0.1) is 0 Å². The Morgan fingerprint density at radius 2 is 1.88 bits per heavy atom. The molecule has 0 aliphatic heterocycles. The first kappa shape index (κ1) is 13.5. The maximum Gasteiger partial charge on any atom is 0.167 e. The average molecular weight is 237 g/mol. The lowest BCUT2D eigenvalue weighted by Crippen LogP contribution is -2.10. The van der Waals surface area contributed by atoms with Gasteiger partial charge < -0.3 is 15.2 Å². The van der Waals surface area contributed by atoms with Crippen molar-refractivity contribution in [1.82, 2.24) is 0 Å². The summed E-state index contributed by atoms with van der Waals surface area (Å²) in [6, 6.07) is 3.58. The third-order valence-corrected chi connectivity index (χ3v) is 2.66. The van der Waals surface area contributed by atoms with Crippen molar-refractivity contribution in [1.29, 1.82) is 0 Å². The van der Waals surface area contributed by atoms with E-state index in [9.17, 15) is 4.79 Å². The molecular formula is C13H19NO3. The SMILES string of the molecule is CCc1cc(C(=O)CCN)c(OC)cc1OC. The monoisotopic (exact) mass is 237 g/mol. The van der Waals surface area contributed by atoms with Crippen molar-refractivity contribution in [2.24, 2.45) is 5.73 Å². The first-order valence-electron chi connectivity index (χ1n) is 5.66. The summed E-state index contributed by atoms with van der Waals surface area (Å²) in [6.45, 7) is 2.36. The normalized spacial score (nSPS) is 10.1. The number of hydrogen-bond acceptors (Lipinski definition) is 4. The first-order chi connectivity index (χ1) is 8.17. The molecule has 1 aromatic rings. The second kappa shape index (κ2) is 6.25. The van der Waals surface area contributed by atoms with Gasteiger partial charge in [0.05, 0.1) is 19.8 Å².